The van der Waals surface area contributed by atoms with Gasteiger partial charge in [-0.15, -0.1) is 0 Å². The Hall–Kier alpha value is -0.820. The summed E-state index contributed by atoms with van der Waals surface area (Å²) in [7, 11) is 0. The van der Waals surface area contributed by atoms with Gasteiger partial charge in [0.25, 0.3) is 0 Å². The third-order valence-electron chi connectivity index (χ3n) is 5.49. The van der Waals surface area contributed by atoms with Gasteiger partial charge in [0.15, 0.2) is 0 Å². The molecule has 2 saturated carbocycles. The van der Waals surface area contributed by atoms with Gasteiger partial charge in [0.1, 0.15) is 0 Å². The standard InChI is InChI=1S/C19H29N/c1-15-7-11-18(12-8-15)20-19-13-9-17(10-14-19)16-5-3-2-4-6-16/h2-6,15,17-20H,7-14H2,1H3. The Labute approximate surface area is 124 Å². The third kappa shape index (κ3) is 3.63. The van der Waals surface area contributed by atoms with Crippen LogP contribution in [-0.2, 0) is 0 Å². The first-order chi connectivity index (χ1) is 9.81. The lowest BCUT2D eigenvalue weighted by Crippen LogP contribution is -2.41. The van der Waals surface area contributed by atoms with E-state index in [1.165, 1.54) is 51.4 Å². The van der Waals surface area contributed by atoms with Crippen LogP contribution >= 0.6 is 0 Å². The minimum atomic E-state index is 0.786. The number of hydrogen-bond acceptors (Lipinski definition) is 1. The summed E-state index contributed by atoms with van der Waals surface area (Å²) in [6.45, 7) is 2.40. The van der Waals surface area contributed by atoms with Gasteiger partial charge in [-0.1, -0.05) is 37.3 Å². The Bertz CT molecular complexity index is 383. The highest BCUT2D eigenvalue weighted by molar-refractivity contribution is 5.20. The predicted octanol–water partition coefficient (Wildman–Crippen LogP) is 4.88. The van der Waals surface area contributed by atoms with Crippen LogP contribution < -0.4 is 5.32 Å². The highest BCUT2D eigenvalue weighted by Gasteiger charge is 2.25. The van der Waals surface area contributed by atoms with Gasteiger partial charge >= 0.3 is 0 Å². The second-order valence-corrected chi connectivity index (χ2v) is 7.08. The molecule has 3 rings (SSSR count). The van der Waals surface area contributed by atoms with Crippen molar-refractivity contribution in [2.24, 2.45) is 5.92 Å². The normalized spacial score (nSPS) is 34.9. The van der Waals surface area contributed by atoms with Crippen LogP contribution in [0.3, 0.4) is 0 Å². The van der Waals surface area contributed by atoms with E-state index in [2.05, 4.69) is 42.6 Å². The molecule has 0 radical (unpaired) electrons. The van der Waals surface area contributed by atoms with Crippen LogP contribution in [0.15, 0.2) is 30.3 Å². The summed E-state index contributed by atoms with van der Waals surface area (Å²) in [5, 5.41) is 3.95. The van der Waals surface area contributed by atoms with E-state index in [-0.39, 0.29) is 0 Å². The minimum absolute atomic E-state index is 0.786. The zero-order chi connectivity index (χ0) is 13.8. The lowest BCUT2D eigenvalue weighted by molar-refractivity contribution is 0.252. The van der Waals surface area contributed by atoms with Crippen molar-refractivity contribution < 1.29 is 0 Å². The quantitative estimate of drug-likeness (QED) is 0.826. The van der Waals surface area contributed by atoms with Gasteiger partial charge < -0.3 is 5.32 Å². The first-order valence-electron chi connectivity index (χ1n) is 8.62. The second-order valence-electron chi connectivity index (χ2n) is 7.08. The molecule has 2 fully saturated rings. The Morgan fingerprint density at radius 3 is 1.90 bits per heavy atom. The molecule has 110 valence electrons. The summed E-state index contributed by atoms with van der Waals surface area (Å²) in [5.74, 6) is 1.77. The average Bonchev–Trinajstić information content (AvgIpc) is 2.51. The molecule has 1 aromatic carbocycles. The molecule has 0 unspecified atom stereocenters. The van der Waals surface area contributed by atoms with Crippen molar-refractivity contribution in [1.82, 2.24) is 5.32 Å². The molecule has 2 aliphatic rings. The summed E-state index contributed by atoms with van der Waals surface area (Å²) >= 11 is 0. The maximum absolute atomic E-state index is 3.95. The van der Waals surface area contributed by atoms with Crippen molar-refractivity contribution in [3.05, 3.63) is 35.9 Å². The summed E-state index contributed by atoms with van der Waals surface area (Å²) in [6.07, 6.45) is 11.1. The van der Waals surface area contributed by atoms with E-state index in [9.17, 15) is 0 Å². The molecule has 0 heterocycles. The van der Waals surface area contributed by atoms with E-state index in [0.717, 1.165) is 23.9 Å². The summed E-state index contributed by atoms with van der Waals surface area (Å²) < 4.78 is 0. The zero-order valence-corrected chi connectivity index (χ0v) is 12.9. The summed E-state index contributed by atoms with van der Waals surface area (Å²) in [6, 6.07) is 12.7. The first-order valence-corrected chi connectivity index (χ1v) is 8.62. The molecule has 2 aliphatic carbocycles. The van der Waals surface area contributed by atoms with Crippen LogP contribution in [0.4, 0.5) is 0 Å². The van der Waals surface area contributed by atoms with Gasteiger partial charge in [-0.05, 0) is 68.8 Å². The van der Waals surface area contributed by atoms with Crippen LogP contribution in [0, 0.1) is 5.92 Å². The molecular formula is C19H29N. The van der Waals surface area contributed by atoms with E-state index in [4.69, 9.17) is 0 Å². The molecule has 0 amide bonds. The Kier molecular flexibility index (Phi) is 4.77. The van der Waals surface area contributed by atoms with Crippen molar-refractivity contribution in [2.45, 2.75) is 76.3 Å². The highest BCUT2D eigenvalue weighted by Crippen LogP contribution is 2.33. The molecule has 0 aromatic heterocycles. The van der Waals surface area contributed by atoms with Gasteiger partial charge in [0, 0.05) is 12.1 Å². The monoisotopic (exact) mass is 271 g/mol. The van der Waals surface area contributed by atoms with Crippen LogP contribution in [0.2, 0.25) is 0 Å². The Morgan fingerprint density at radius 1 is 0.750 bits per heavy atom. The molecular weight excluding hydrogens is 242 g/mol. The fourth-order valence-corrected chi connectivity index (χ4v) is 4.08. The van der Waals surface area contributed by atoms with Gasteiger partial charge in [0.2, 0.25) is 0 Å². The van der Waals surface area contributed by atoms with Gasteiger partial charge in [0.05, 0.1) is 0 Å². The van der Waals surface area contributed by atoms with Gasteiger partial charge in [-0.25, -0.2) is 0 Å². The predicted molar refractivity (Wildman–Crippen MR) is 86.0 cm³/mol. The topological polar surface area (TPSA) is 12.0 Å². The first kappa shape index (κ1) is 14.1. The summed E-state index contributed by atoms with van der Waals surface area (Å²) in [5.41, 5.74) is 1.55. The molecule has 0 aliphatic heterocycles. The van der Waals surface area contributed by atoms with E-state index in [1.807, 2.05) is 0 Å². The molecule has 1 heteroatoms. The fourth-order valence-electron chi connectivity index (χ4n) is 4.08. The van der Waals surface area contributed by atoms with Crippen LogP contribution in [-0.4, -0.2) is 12.1 Å². The summed E-state index contributed by atoms with van der Waals surface area (Å²) in [4.78, 5) is 0. The maximum Gasteiger partial charge on any atom is 0.00700 e. The fraction of sp³-hybridized carbons (Fsp3) is 0.684. The third-order valence-corrected chi connectivity index (χ3v) is 5.49. The Balaban J connectivity index is 1.44. The minimum Gasteiger partial charge on any atom is -0.311 e. The van der Waals surface area contributed by atoms with Crippen molar-refractivity contribution in [2.75, 3.05) is 0 Å². The van der Waals surface area contributed by atoms with Crippen molar-refractivity contribution in [1.29, 1.82) is 0 Å². The van der Waals surface area contributed by atoms with Gasteiger partial charge in [-0.3, -0.25) is 0 Å². The number of hydrogen-bond donors (Lipinski definition) is 1. The van der Waals surface area contributed by atoms with Crippen molar-refractivity contribution >= 4 is 0 Å². The van der Waals surface area contributed by atoms with Crippen LogP contribution in [0.25, 0.3) is 0 Å². The highest BCUT2D eigenvalue weighted by atomic mass is 15.0. The van der Waals surface area contributed by atoms with Crippen LogP contribution in [0.1, 0.15) is 69.8 Å². The van der Waals surface area contributed by atoms with E-state index in [1.54, 1.807) is 5.56 Å². The van der Waals surface area contributed by atoms with E-state index < -0.39 is 0 Å². The van der Waals surface area contributed by atoms with Crippen molar-refractivity contribution in [3.8, 4) is 0 Å². The molecule has 1 aromatic rings. The maximum atomic E-state index is 3.95. The Morgan fingerprint density at radius 2 is 1.30 bits per heavy atom. The lowest BCUT2D eigenvalue weighted by atomic mass is 9.80. The molecule has 0 spiro atoms. The number of nitrogens with one attached hydrogen (secondary N) is 1. The second kappa shape index (κ2) is 6.76. The van der Waals surface area contributed by atoms with E-state index >= 15 is 0 Å². The zero-order valence-electron chi connectivity index (χ0n) is 12.9. The molecule has 1 nitrogen and oxygen atoms in total. The molecule has 0 atom stereocenters. The number of benzene rings is 1. The van der Waals surface area contributed by atoms with Crippen molar-refractivity contribution in [3.63, 3.8) is 0 Å². The molecule has 20 heavy (non-hydrogen) atoms. The molecule has 0 bridgehead atoms. The largest absolute Gasteiger partial charge is 0.311 e. The molecule has 1 N–H and O–H groups in total. The SMILES string of the molecule is CC1CCC(NC2CCC(c3ccccc3)CC2)CC1. The lowest BCUT2D eigenvalue weighted by Gasteiger charge is -2.35. The number of rotatable bonds is 3. The average molecular weight is 271 g/mol. The van der Waals surface area contributed by atoms with Crippen LogP contribution in [0.5, 0.6) is 0 Å². The smallest absolute Gasteiger partial charge is 0.00700 e. The van der Waals surface area contributed by atoms with Gasteiger partial charge in [-0.2, -0.15) is 0 Å². The molecule has 0 saturated heterocycles. The van der Waals surface area contributed by atoms with E-state index in [0.29, 0.717) is 0 Å².